The average Bonchev–Trinajstić information content (AvgIpc) is 1.94. The van der Waals surface area contributed by atoms with Crippen molar-refractivity contribution in [3.8, 4) is 0 Å². The van der Waals surface area contributed by atoms with Crippen LogP contribution in [0.15, 0.2) is 0 Å². The molecule has 0 spiro atoms. The number of rotatable bonds is 2. The van der Waals surface area contributed by atoms with E-state index < -0.39 is 0 Å². The molecule has 4 heteroatoms. The van der Waals surface area contributed by atoms with Gasteiger partial charge in [-0.05, 0) is 12.2 Å². The minimum absolute atomic E-state index is 0.159. The summed E-state index contributed by atoms with van der Waals surface area (Å²) in [6, 6.07) is 0.350. The van der Waals surface area contributed by atoms with Gasteiger partial charge in [-0.15, -0.1) is 0 Å². The number of amides is 1. The van der Waals surface area contributed by atoms with Crippen molar-refractivity contribution in [1.82, 2.24) is 5.32 Å². The number of hydrogen-bond acceptors (Lipinski definition) is 3. The normalized spacial score (nSPS) is 33.3. The molecule has 58 valence electrons. The second-order valence-corrected chi connectivity index (χ2v) is 3.57. The number of thioether (sulfide) groups is 1. The van der Waals surface area contributed by atoms with Gasteiger partial charge >= 0.3 is 0 Å². The van der Waals surface area contributed by atoms with E-state index in [0.29, 0.717) is 0 Å². The highest BCUT2D eigenvalue weighted by Gasteiger charge is 2.20. The van der Waals surface area contributed by atoms with Gasteiger partial charge in [-0.3, -0.25) is 4.79 Å². The zero-order valence-electron chi connectivity index (χ0n) is 5.75. The lowest BCUT2D eigenvalue weighted by Gasteiger charge is -2.27. The van der Waals surface area contributed by atoms with E-state index >= 15 is 0 Å². The van der Waals surface area contributed by atoms with Gasteiger partial charge in [-0.2, -0.15) is 11.8 Å². The summed E-state index contributed by atoms with van der Waals surface area (Å²) in [5, 5.41) is 2.71. The Morgan fingerprint density at radius 3 is 3.10 bits per heavy atom. The van der Waals surface area contributed by atoms with E-state index in [-0.39, 0.29) is 12.1 Å². The van der Waals surface area contributed by atoms with E-state index in [9.17, 15) is 4.79 Å². The first-order chi connectivity index (χ1) is 4.84. The Hall–Kier alpha value is -0.220. The van der Waals surface area contributed by atoms with Gasteiger partial charge in [0.1, 0.15) is 0 Å². The van der Waals surface area contributed by atoms with E-state index in [2.05, 4.69) is 5.32 Å². The molecule has 3 N–H and O–H groups in total. The average molecular weight is 160 g/mol. The lowest BCUT2D eigenvalue weighted by atomic mass is 10.1. The predicted molar refractivity (Wildman–Crippen MR) is 42.9 cm³/mol. The van der Waals surface area contributed by atoms with Crippen molar-refractivity contribution in [3.05, 3.63) is 0 Å². The fourth-order valence-corrected chi connectivity index (χ4v) is 2.22. The summed E-state index contributed by atoms with van der Waals surface area (Å²) >= 11 is 1.85. The first kappa shape index (κ1) is 7.88. The zero-order chi connectivity index (χ0) is 7.40. The Labute approximate surface area is 64.7 Å². The standard InChI is InChI=1S/C6H12N2OS/c7-5-1-2-10-3-6(5)8-4-9/h4-6H,1-3,7H2,(H,8,9). The van der Waals surface area contributed by atoms with Gasteiger partial charge in [0, 0.05) is 11.8 Å². The topological polar surface area (TPSA) is 55.1 Å². The summed E-state index contributed by atoms with van der Waals surface area (Å²) in [7, 11) is 0. The second-order valence-electron chi connectivity index (χ2n) is 2.42. The van der Waals surface area contributed by atoms with E-state index in [1.807, 2.05) is 11.8 Å². The Kier molecular flexibility index (Phi) is 3.02. The Balaban J connectivity index is 2.32. The molecule has 1 amide bonds. The number of carbonyl (C=O) groups excluding carboxylic acids is 1. The number of nitrogens with one attached hydrogen (secondary N) is 1. The summed E-state index contributed by atoms with van der Waals surface area (Å²) in [4.78, 5) is 10.0. The molecule has 1 fully saturated rings. The molecule has 0 aromatic carbocycles. The first-order valence-corrected chi connectivity index (χ1v) is 4.53. The van der Waals surface area contributed by atoms with Crippen molar-refractivity contribution in [2.45, 2.75) is 18.5 Å². The minimum atomic E-state index is 0.159. The van der Waals surface area contributed by atoms with Gasteiger partial charge in [-0.25, -0.2) is 0 Å². The molecular formula is C6H12N2OS. The highest BCUT2D eigenvalue weighted by Crippen LogP contribution is 2.15. The van der Waals surface area contributed by atoms with Gasteiger partial charge in [0.25, 0.3) is 0 Å². The smallest absolute Gasteiger partial charge is 0.207 e. The van der Waals surface area contributed by atoms with E-state index in [1.54, 1.807) is 0 Å². The van der Waals surface area contributed by atoms with Crippen molar-refractivity contribution in [1.29, 1.82) is 0 Å². The summed E-state index contributed by atoms with van der Waals surface area (Å²) in [6.45, 7) is 0. The van der Waals surface area contributed by atoms with Crippen molar-refractivity contribution in [2.24, 2.45) is 5.73 Å². The van der Waals surface area contributed by atoms with Crippen LogP contribution >= 0.6 is 11.8 Å². The molecule has 1 rings (SSSR count). The quantitative estimate of drug-likeness (QED) is 0.539. The third-order valence-corrected chi connectivity index (χ3v) is 2.81. The van der Waals surface area contributed by atoms with Crippen LogP contribution in [-0.2, 0) is 4.79 Å². The zero-order valence-corrected chi connectivity index (χ0v) is 6.56. The van der Waals surface area contributed by atoms with Crippen LogP contribution in [0.1, 0.15) is 6.42 Å². The molecule has 0 aliphatic carbocycles. The van der Waals surface area contributed by atoms with Crippen LogP contribution in [-0.4, -0.2) is 30.0 Å². The molecule has 0 bridgehead atoms. The number of hydrogen-bond donors (Lipinski definition) is 2. The van der Waals surface area contributed by atoms with Crippen molar-refractivity contribution in [2.75, 3.05) is 11.5 Å². The summed E-state index contributed by atoms with van der Waals surface area (Å²) in [6.07, 6.45) is 1.74. The fraction of sp³-hybridized carbons (Fsp3) is 0.833. The van der Waals surface area contributed by atoms with Gasteiger partial charge < -0.3 is 11.1 Å². The van der Waals surface area contributed by atoms with Crippen molar-refractivity contribution >= 4 is 18.2 Å². The Morgan fingerprint density at radius 2 is 2.50 bits per heavy atom. The van der Waals surface area contributed by atoms with E-state index in [1.165, 1.54) is 0 Å². The molecule has 10 heavy (non-hydrogen) atoms. The van der Waals surface area contributed by atoms with Crippen molar-refractivity contribution in [3.63, 3.8) is 0 Å². The molecular weight excluding hydrogens is 148 g/mol. The summed E-state index contributed by atoms with van der Waals surface area (Å²) in [5.74, 6) is 2.08. The van der Waals surface area contributed by atoms with Gasteiger partial charge in [0.05, 0.1) is 6.04 Å². The maximum atomic E-state index is 10.0. The fourth-order valence-electron chi connectivity index (χ4n) is 1.01. The third-order valence-electron chi connectivity index (χ3n) is 1.69. The number of carbonyl (C=O) groups is 1. The molecule has 2 unspecified atom stereocenters. The van der Waals surface area contributed by atoms with Crippen LogP contribution in [0.4, 0.5) is 0 Å². The van der Waals surface area contributed by atoms with Gasteiger partial charge in [0.2, 0.25) is 6.41 Å². The van der Waals surface area contributed by atoms with Crippen LogP contribution in [0.2, 0.25) is 0 Å². The van der Waals surface area contributed by atoms with Crippen LogP contribution < -0.4 is 11.1 Å². The molecule has 3 nitrogen and oxygen atoms in total. The lowest BCUT2D eigenvalue weighted by Crippen LogP contribution is -2.48. The molecule has 0 saturated carbocycles. The van der Waals surface area contributed by atoms with Crippen LogP contribution in [0.25, 0.3) is 0 Å². The largest absolute Gasteiger partial charge is 0.354 e. The van der Waals surface area contributed by atoms with Crippen molar-refractivity contribution < 1.29 is 4.79 Å². The maximum Gasteiger partial charge on any atom is 0.207 e. The highest BCUT2D eigenvalue weighted by molar-refractivity contribution is 7.99. The first-order valence-electron chi connectivity index (χ1n) is 3.37. The SMILES string of the molecule is NC1CCSCC1NC=O. The molecule has 0 aromatic rings. The number of nitrogens with two attached hydrogens (primary N) is 1. The summed E-state index contributed by atoms with van der Waals surface area (Å²) < 4.78 is 0. The minimum Gasteiger partial charge on any atom is -0.354 e. The molecule has 1 aliphatic rings. The Bertz CT molecular complexity index is 120. The van der Waals surface area contributed by atoms with Crippen LogP contribution in [0.3, 0.4) is 0 Å². The van der Waals surface area contributed by atoms with Crippen LogP contribution in [0, 0.1) is 0 Å². The third kappa shape index (κ3) is 1.88. The van der Waals surface area contributed by atoms with Crippen LogP contribution in [0.5, 0.6) is 0 Å². The maximum absolute atomic E-state index is 10.0. The molecule has 0 radical (unpaired) electrons. The van der Waals surface area contributed by atoms with E-state index in [4.69, 9.17) is 5.73 Å². The Morgan fingerprint density at radius 1 is 1.70 bits per heavy atom. The molecule has 1 heterocycles. The summed E-state index contributed by atoms with van der Waals surface area (Å²) in [5.41, 5.74) is 5.73. The second kappa shape index (κ2) is 3.83. The highest BCUT2D eigenvalue weighted by atomic mass is 32.2. The predicted octanol–water partition coefficient (Wildman–Crippen LogP) is -0.435. The lowest BCUT2D eigenvalue weighted by molar-refractivity contribution is -0.110. The molecule has 1 aliphatic heterocycles. The molecule has 1 saturated heterocycles. The van der Waals surface area contributed by atoms with Gasteiger partial charge in [-0.1, -0.05) is 0 Å². The van der Waals surface area contributed by atoms with Gasteiger partial charge in [0.15, 0.2) is 0 Å². The molecule has 0 aromatic heterocycles. The monoisotopic (exact) mass is 160 g/mol. The van der Waals surface area contributed by atoms with E-state index in [0.717, 1.165) is 24.3 Å². The molecule has 2 atom stereocenters.